The second kappa shape index (κ2) is 52.3. The Morgan fingerprint density at radius 1 is 0.432 bits per heavy atom. The molecule has 2 saturated heterocycles. The normalized spacial score (nSPS) is 24.4. The van der Waals surface area contributed by atoms with Gasteiger partial charge in [0, 0.05) is 6.42 Å². The lowest BCUT2D eigenvalue weighted by molar-refractivity contribution is -0.359. The van der Waals surface area contributed by atoms with E-state index in [4.69, 9.17) is 18.9 Å². The van der Waals surface area contributed by atoms with E-state index < -0.39 is 86.8 Å². The number of aliphatic hydroxyl groups excluding tert-OH is 8. The van der Waals surface area contributed by atoms with E-state index in [-0.39, 0.29) is 18.9 Å². The average molecular weight is 1150 g/mol. The molecule has 0 aliphatic carbocycles. The topological polar surface area (TPSA) is 228 Å². The number of unbranched alkanes of at least 4 members (excludes halogenated alkanes) is 35. The molecule has 0 bridgehead atoms. The number of ether oxygens (including phenoxy) is 4. The number of hydrogen-bond acceptors (Lipinski definition) is 13. The van der Waals surface area contributed by atoms with Crippen molar-refractivity contribution in [1.29, 1.82) is 0 Å². The van der Waals surface area contributed by atoms with Crippen LogP contribution in [0.25, 0.3) is 0 Å². The molecule has 2 aliphatic rings. The molecule has 12 unspecified atom stereocenters. The summed E-state index contributed by atoms with van der Waals surface area (Å²) in [6.45, 7) is 2.80. The van der Waals surface area contributed by atoms with Gasteiger partial charge in [-0.2, -0.15) is 0 Å². The zero-order valence-electron chi connectivity index (χ0n) is 51.3. The van der Waals surface area contributed by atoms with Crippen molar-refractivity contribution in [2.75, 3.05) is 19.8 Å². The SMILES string of the molecule is CCCCCCCCCC/C=C\CCCCCCCCCCCCCCCCCC(=O)NC(COC1OC(CO)C(OC2OC(CO)C(O)C(O)C2O)C(O)C1O)C(O)/C=C/CC/C=C/CC/C=C/CCCCCCCCCCCC. The largest absolute Gasteiger partial charge is 0.394 e. The molecule has 2 aliphatic heterocycles. The van der Waals surface area contributed by atoms with E-state index in [1.54, 1.807) is 6.08 Å². The highest BCUT2D eigenvalue weighted by Gasteiger charge is 2.51. The first kappa shape index (κ1) is 75.0. The first-order valence-corrected chi connectivity index (χ1v) is 33.4. The van der Waals surface area contributed by atoms with Crippen molar-refractivity contribution < 1.29 is 64.6 Å². The third-order valence-electron chi connectivity index (χ3n) is 16.2. The summed E-state index contributed by atoms with van der Waals surface area (Å²) in [6, 6.07) is -0.938. The van der Waals surface area contributed by atoms with E-state index in [9.17, 15) is 45.6 Å². The molecule has 1 amide bonds. The number of carbonyl (C=O) groups excluding carboxylic acids is 1. The fourth-order valence-corrected chi connectivity index (χ4v) is 10.8. The average Bonchev–Trinajstić information content (AvgIpc) is 3.62. The molecular formula is C67H123NO13. The van der Waals surface area contributed by atoms with E-state index in [2.05, 4.69) is 55.6 Å². The van der Waals surface area contributed by atoms with Crippen LogP contribution in [0.3, 0.4) is 0 Å². The van der Waals surface area contributed by atoms with Crippen molar-refractivity contribution in [2.24, 2.45) is 0 Å². The van der Waals surface area contributed by atoms with Crippen molar-refractivity contribution >= 4 is 5.91 Å². The minimum Gasteiger partial charge on any atom is -0.394 e. The molecule has 0 spiro atoms. The monoisotopic (exact) mass is 1150 g/mol. The van der Waals surface area contributed by atoms with Crippen LogP contribution < -0.4 is 5.32 Å². The third kappa shape index (κ3) is 37.2. The third-order valence-corrected chi connectivity index (χ3v) is 16.2. The Hall–Kier alpha value is -2.05. The molecule has 0 radical (unpaired) electrons. The van der Waals surface area contributed by atoms with Crippen molar-refractivity contribution in [3.8, 4) is 0 Å². The quantitative estimate of drug-likeness (QED) is 0.0204. The van der Waals surface area contributed by atoms with Gasteiger partial charge in [0.15, 0.2) is 12.6 Å². The number of nitrogens with one attached hydrogen (secondary N) is 1. The maximum atomic E-state index is 13.3. The molecule has 0 aromatic heterocycles. The lowest BCUT2D eigenvalue weighted by atomic mass is 9.97. The second-order valence-corrected chi connectivity index (χ2v) is 23.6. The van der Waals surface area contributed by atoms with Crippen LogP contribution in [0.4, 0.5) is 0 Å². The molecule has 0 saturated carbocycles. The molecule has 14 nitrogen and oxygen atoms in total. The van der Waals surface area contributed by atoms with Gasteiger partial charge in [0.05, 0.1) is 32.0 Å². The van der Waals surface area contributed by atoms with Crippen LogP contribution in [0, 0.1) is 0 Å². The Labute approximate surface area is 493 Å². The summed E-state index contributed by atoms with van der Waals surface area (Å²) in [7, 11) is 0. The Kier molecular flexibility index (Phi) is 48.5. The minimum atomic E-state index is -1.79. The van der Waals surface area contributed by atoms with E-state index >= 15 is 0 Å². The molecule has 12 atom stereocenters. The standard InChI is InChI=1S/C67H123NO13/c1-3-5-7-9-11-13-15-17-19-21-23-25-26-27-28-29-30-31-33-35-37-39-41-43-45-47-49-51-59(72)68-55(56(71)50-48-46-44-42-40-38-36-34-32-24-22-20-18-16-14-12-10-8-6-4-2)54-78-66-64(77)62(75)65(58(53-70)80-66)81-67-63(76)61(74)60(73)57(52-69)79-67/h21,23,32,34,40,42,48,50,55-58,60-67,69-71,73-77H,3-20,22,24-31,33,35-39,41,43-47,49,51-54H2,1-2H3,(H,68,72)/b23-21-,34-32+,42-40+,50-48+. The van der Waals surface area contributed by atoms with Crippen molar-refractivity contribution in [3.05, 3.63) is 48.6 Å². The number of rotatable bonds is 54. The van der Waals surface area contributed by atoms with Gasteiger partial charge in [-0.3, -0.25) is 4.79 Å². The molecule has 2 rings (SSSR count). The van der Waals surface area contributed by atoms with Gasteiger partial charge in [-0.1, -0.05) is 249 Å². The second-order valence-electron chi connectivity index (χ2n) is 23.6. The van der Waals surface area contributed by atoms with Crippen LogP contribution in [0.5, 0.6) is 0 Å². The maximum Gasteiger partial charge on any atom is 0.220 e. The molecular weight excluding hydrogens is 1030 g/mol. The molecule has 9 N–H and O–H groups in total. The van der Waals surface area contributed by atoms with Gasteiger partial charge in [0.25, 0.3) is 0 Å². The van der Waals surface area contributed by atoms with E-state index in [1.807, 2.05) is 6.08 Å². The predicted molar refractivity (Wildman–Crippen MR) is 327 cm³/mol. The van der Waals surface area contributed by atoms with Crippen LogP contribution in [0.1, 0.15) is 277 Å². The number of hydrogen-bond donors (Lipinski definition) is 9. The van der Waals surface area contributed by atoms with Crippen LogP contribution in [-0.2, 0) is 23.7 Å². The Balaban J connectivity index is 1.72. The highest BCUT2D eigenvalue weighted by Crippen LogP contribution is 2.30. The summed E-state index contributed by atoms with van der Waals surface area (Å²) in [5.41, 5.74) is 0. The van der Waals surface area contributed by atoms with E-state index in [0.29, 0.717) is 12.8 Å². The molecule has 2 fully saturated rings. The maximum absolute atomic E-state index is 13.3. The Morgan fingerprint density at radius 3 is 1.21 bits per heavy atom. The van der Waals surface area contributed by atoms with Gasteiger partial charge < -0.3 is 65.1 Å². The van der Waals surface area contributed by atoms with Gasteiger partial charge in [0.1, 0.15) is 48.8 Å². The van der Waals surface area contributed by atoms with Crippen LogP contribution in [0.15, 0.2) is 48.6 Å². The van der Waals surface area contributed by atoms with Crippen molar-refractivity contribution in [2.45, 2.75) is 351 Å². The first-order valence-electron chi connectivity index (χ1n) is 33.4. The fraction of sp³-hybridized carbons (Fsp3) is 0.866. The first-order chi connectivity index (χ1) is 39.6. The molecule has 0 aromatic rings. The highest BCUT2D eigenvalue weighted by molar-refractivity contribution is 5.76. The van der Waals surface area contributed by atoms with Gasteiger partial charge >= 0.3 is 0 Å². The zero-order valence-corrected chi connectivity index (χ0v) is 51.3. The molecule has 0 aromatic carbocycles. The number of carbonyl (C=O) groups is 1. The van der Waals surface area contributed by atoms with Crippen LogP contribution >= 0.6 is 0 Å². The van der Waals surface area contributed by atoms with E-state index in [0.717, 1.165) is 44.9 Å². The number of allylic oxidation sites excluding steroid dienone is 7. The van der Waals surface area contributed by atoms with Gasteiger partial charge in [-0.05, 0) is 70.6 Å². The molecule has 474 valence electrons. The summed E-state index contributed by atoms with van der Waals surface area (Å²) in [6.07, 6.45) is 50.2. The van der Waals surface area contributed by atoms with Gasteiger partial charge in [0.2, 0.25) is 5.91 Å². The smallest absolute Gasteiger partial charge is 0.220 e. The summed E-state index contributed by atoms with van der Waals surface area (Å²) < 4.78 is 22.8. The lowest BCUT2D eigenvalue weighted by Crippen LogP contribution is -2.65. The minimum absolute atomic E-state index is 0.250. The van der Waals surface area contributed by atoms with Gasteiger partial charge in [-0.15, -0.1) is 0 Å². The summed E-state index contributed by atoms with van der Waals surface area (Å²) in [5, 5.41) is 87.3. The highest BCUT2D eigenvalue weighted by atomic mass is 16.7. The van der Waals surface area contributed by atoms with Crippen molar-refractivity contribution in [3.63, 3.8) is 0 Å². The van der Waals surface area contributed by atoms with Crippen molar-refractivity contribution in [1.82, 2.24) is 5.32 Å². The summed E-state index contributed by atoms with van der Waals surface area (Å²) in [4.78, 5) is 13.3. The van der Waals surface area contributed by atoms with Crippen LogP contribution in [-0.4, -0.2) is 140 Å². The molecule has 2 heterocycles. The molecule has 81 heavy (non-hydrogen) atoms. The van der Waals surface area contributed by atoms with E-state index in [1.165, 1.54) is 199 Å². The summed E-state index contributed by atoms with van der Waals surface area (Å²) >= 11 is 0. The number of amides is 1. The molecule has 14 heteroatoms. The lowest BCUT2D eigenvalue weighted by Gasteiger charge is -2.46. The fourth-order valence-electron chi connectivity index (χ4n) is 10.8. The van der Waals surface area contributed by atoms with Crippen LogP contribution in [0.2, 0.25) is 0 Å². The Morgan fingerprint density at radius 2 is 0.790 bits per heavy atom. The Bertz CT molecular complexity index is 1540. The zero-order chi connectivity index (χ0) is 58.8. The van der Waals surface area contributed by atoms with Gasteiger partial charge in [-0.25, -0.2) is 0 Å². The summed E-state index contributed by atoms with van der Waals surface area (Å²) in [5.74, 6) is -0.250. The predicted octanol–water partition coefficient (Wildman–Crippen LogP) is 12.7. The number of aliphatic hydroxyl groups is 8.